The highest BCUT2D eigenvalue weighted by Gasteiger charge is 2.31. The van der Waals surface area contributed by atoms with Crippen molar-refractivity contribution in [3.05, 3.63) is 106 Å². The van der Waals surface area contributed by atoms with E-state index in [9.17, 15) is 9.59 Å². The minimum absolute atomic E-state index is 0.00169. The van der Waals surface area contributed by atoms with Crippen LogP contribution in [0.1, 0.15) is 37.0 Å². The zero-order valence-electron chi connectivity index (χ0n) is 19.5. The molecular formula is C28H30Cl2N2O2. The van der Waals surface area contributed by atoms with Crippen molar-refractivity contribution in [3.63, 3.8) is 0 Å². The van der Waals surface area contributed by atoms with Crippen molar-refractivity contribution in [1.29, 1.82) is 0 Å². The van der Waals surface area contributed by atoms with Crippen LogP contribution < -0.4 is 5.32 Å². The first-order valence-corrected chi connectivity index (χ1v) is 12.2. The van der Waals surface area contributed by atoms with E-state index in [-0.39, 0.29) is 30.8 Å². The lowest BCUT2D eigenvalue weighted by Crippen LogP contribution is -2.52. The quantitative estimate of drug-likeness (QED) is 0.369. The summed E-state index contributed by atoms with van der Waals surface area (Å²) in [7, 11) is 0. The number of nitrogens with zero attached hydrogens (tertiary/aromatic N) is 1. The summed E-state index contributed by atoms with van der Waals surface area (Å²) in [5.74, 6) is -0.294. The summed E-state index contributed by atoms with van der Waals surface area (Å²) in [6, 6.07) is 23.9. The summed E-state index contributed by atoms with van der Waals surface area (Å²) in [6.07, 6.45) is 1.41. The van der Waals surface area contributed by atoms with Crippen molar-refractivity contribution in [1.82, 2.24) is 10.2 Å². The Morgan fingerprint density at radius 2 is 1.47 bits per heavy atom. The second-order valence-electron chi connectivity index (χ2n) is 8.46. The van der Waals surface area contributed by atoms with Crippen LogP contribution in [0, 0.1) is 0 Å². The van der Waals surface area contributed by atoms with Gasteiger partial charge in [0.05, 0.1) is 16.5 Å². The fourth-order valence-electron chi connectivity index (χ4n) is 3.70. The molecule has 4 nitrogen and oxygen atoms in total. The molecule has 3 aromatic rings. The molecule has 0 aliphatic rings. The number of carbonyl (C=O) groups is 2. The lowest BCUT2D eigenvalue weighted by atomic mass is 10.0. The van der Waals surface area contributed by atoms with Crippen LogP contribution in [-0.2, 0) is 29.0 Å². The molecule has 0 saturated carbocycles. The Kier molecular flexibility index (Phi) is 9.55. The van der Waals surface area contributed by atoms with Crippen LogP contribution >= 0.6 is 23.2 Å². The first-order valence-electron chi connectivity index (χ1n) is 11.5. The lowest BCUT2D eigenvalue weighted by molar-refractivity contribution is -0.141. The van der Waals surface area contributed by atoms with Gasteiger partial charge in [-0.15, -0.1) is 0 Å². The summed E-state index contributed by atoms with van der Waals surface area (Å²) in [5.41, 5.74) is 2.69. The number of rotatable bonds is 10. The molecule has 2 atom stereocenters. The van der Waals surface area contributed by atoms with Gasteiger partial charge in [0.1, 0.15) is 6.04 Å². The van der Waals surface area contributed by atoms with Crippen LogP contribution in [0.5, 0.6) is 0 Å². The molecular weight excluding hydrogens is 467 g/mol. The van der Waals surface area contributed by atoms with Crippen molar-refractivity contribution in [2.45, 2.75) is 51.7 Å². The maximum atomic E-state index is 13.6. The molecule has 178 valence electrons. The molecule has 0 fully saturated rings. The molecule has 0 spiro atoms. The van der Waals surface area contributed by atoms with E-state index < -0.39 is 6.04 Å². The topological polar surface area (TPSA) is 49.4 Å². The van der Waals surface area contributed by atoms with Crippen LogP contribution in [0.15, 0.2) is 78.9 Å². The normalized spacial score (nSPS) is 12.6. The van der Waals surface area contributed by atoms with Gasteiger partial charge in [0.25, 0.3) is 0 Å². The van der Waals surface area contributed by atoms with E-state index in [0.29, 0.717) is 16.5 Å². The average molecular weight is 497 g/mol. The van der Waals surface area contributed by atoms with Crippen LogP contribution in [-0.4, -0.2) is 28.8 Å². The Balaban J connectivity index is 1.98. The number of hydrogen-bond acceptors (Lipinski definition) is 2. The van der Waals surface area contributed by atoms with Gasteiger partial charge in [-0.3, -0.25) is 9.59 Å². The highest BCUT2D eigenvalue weighted by Crippen LogP contribution is 2.24. The molecule has 0 bridgehead atoms. The summed E-state index contributed by atoms with van der Waals surface area (Å²) in [4.78, 5) is 28.8. The second kappa shape index (κ2) is 12.6. The van der Waals surface area contributed by atoms with E-state index in [2.05, 4.69) is 5.32 Å². The standard InChI is InChI=1S/C28H30Cl2N2O2/c1-3-20(2)31-28(34)26(17-21-10-6-4-7-11-21)32(19-23-14-15-24(29)25(30)16-23)27(33)18-22-12-8-5-9-13-22/h4-16,20,26H,3,17-19H2,1-2H3,(H,31,34)/t20-,26+/m1/s1. The van der Waals surface area contributed by atoms with Gasteiger partial charge in [-0.25, -0.2) is 0 Å². The molecule has 0 aliphatic heterocycles. The number of hydrogen-bond donors (Lipinski definition) is 1. The molecule has 0 radical (unpaired) electrons. The predicted octanol–water partition coefficient (Wildman–Crippen LogP) is 6.09. The van der Waals surface area contributed by atoms with Crippen LogP contribution in [0.25, 0.3) is 0 Å². The molecule has 6 heteroatoms. The summed E-state index contributed by atoms with van der Waals surface area (Å²) < 4.78 is 0. The highest BCUT2D eigenvalue weighted by molar-refractivity contribution is 6.42. The largest absolute Gasteiger partial charge is 0.352 e. The monoisotopic (exact) mass is 496 g/mol. The second-order valence-corrected chi connectivity index (χ2v) is 9.27. The number of halogens is 2. The van der Waals surface area contributed by atoms with Crippen molar-refractivity contribution >= 4 is 35.0 Å². The molecule has 3 rings (SSSR count). The molecule has 0 aromatic heterocycles. The molecule has 0 heterocycles. The fourth-order valence-corrected chi connectivity index (χ4v) is 4.02. The van der Waals surface area contributed by atoms with Gasteiger partial charge in [0.2, 0.25) is 11.8 Å². The fraction of sp³-hybridized carbons (Fsp3) is 0.286. The Hall–Kier alpha value is -2.82. The average Bonchev–Trinajstić information content (AvgIpc) is 2.84. The van der Waals surface area contributed by atoms with Crippen molar-refractivity contribution in [3.8, 4) is 0 Å². The molecule has 1 N–H and O–H groups in total. The molecule has 0 aliphatic carbocycles. The van der Waals surface area contributed by atoms with E-state index in [4.69, 9.17) is 23.2 Å². The molecule has 2 amide bonds. The van der Waals surface area contributed by atoms with E-state index >= 15 is 0 Å². The molecule has 34 heavy (non-hydrogen) atoms. The number of nitrogens with one attached hydrogen (secondary N) is 1. The van der Waals surface area contributed by atoms with Gasteiger partial charge in [-0.05, 0) is 42.2 Å². The van der Waals surface area contributed by atoms with Gasteiger partial charge in [-0.2, -0.15) is 0 Å². The van der Waals surface area contributed by atoms with Crippen LogP contribution in [0.3, 0.4) is 0 Å². The van der Waals surface area contributed by atoms with Crippen molar-refractivity contribution in [2.75, 3.05) is 0 Å². The third kappa shape index (κ3) is 7.34. The van der Waals surface area contributed by atoms with Gasteiger partial charge >= 0.3 is 0 Å². The van der Waals surface area contributed by atoms with Crippen LogP contribution in [0.2, 0.25) is 10.0 Å². The first-order chi connectivity index (χ1) is 16.4. The zero-order valence-corrected chi connectivity index (χ0v) is 21.0. The smallest absolute Gasteiger partial charge is 0.243 e. The maximum Gasteiger partial charge on any atom is 0.243 e. The van der Waals surface area contributed by atoms with E-state index in [1.165, 1.54) is 0 Å². The third-order valence-corrected chi connectivity index (χ3v) is 6.55. The molecule has 0 saturated heterocycles. The highest BCUT2D eigenvalue weighted by atomic mass is 35.5. The van der Waals surface area contributed by atoms with Crippen molar-refractivity contribution in [2.24, 2.45) is 0 Å². The van der Waals surface area contributed by atoms with Gasteiger partial charge < -0.3 is 10.2 Å². The minimum atomic E-state index is -0.679. The van der Waals surface area contributed by atoms with Crippen LogP contribution in [0.4, 0.5) is 0 Å². The van der Waals surface area contributed by atoms with E-state index in [1.54, 1.807) is 17.0 Å². The third-order valence-electron chi connectivity index (χ3n) is 5.81. The minimum Gasteiger partial charge on any atom is -0.352 e. The maximum absolute atomic E-state index is 13.6. The zero-order chi connectivity index (χ0) is 24.5. The van der Waals surface area contributed by atoms with Gasteiger partial charge in [0.15, 0.2) is 0 Å². The van der Waals surface area contributed by atoms with Crippen molar-refractivity contribution < 1.29 is 9.59 Å². The van der Waals surface area contributed by atoms with E-state index in [0.717, 1.165) is 23.1 Å². The van der Waals surface area contributed by atoms with Gasteiger partial charge in [-0.1, -0.05) is 96.9 Å². The summed E-state index contributed by atoms with van der Waals surface area (Å²) >= 11 is 12.4. The lowest BCUT2D eigenvalue weighted by Gasteiger charge is -2.32. The molecule has 0 unspecified atom stereocenters. The predicted molar refractivity (Wildman–Crippen MR) is 139 cm³/mol. The Morgan fingerprint density at radius 1 is 0.853 bits per heavy atom. The Morgan fingerprint density at radius 3 is 2.06 bits per heavy atom. The first kappa shape index (κ1) is 25.8. The van der Waals surface area contributed by atoms with E-state index in [1.807, 2.05) is 80.6 Å². The number of carbonyl (C=O) groups excluding carboxylic acids is 2. The Labute approximate surface area is 211 Å². The number of benzene rings is 3. The Bertz CT molecular complexity index is 1090. The molecule has 3 aromatic carbocycles. The SMILES string of the molecule is CC[C@@H](C)NC(=O)[C@H](Cc1ccccc1)N(Cc1ccc(Cl)c(Cl)c1)C(=O)Cc1ccccc1. The number of amides is 2. The van der Waals surface area contributed by atoms with Gasteiger partial charge in [0, 0.05) is 19.0 Å². The summed E-state index contributed by atoms with van der Waals surface area (Å²) in [6.45, 7) is 4.23. The summed E-state index contributed by atoms with van der Waals surface area (Å²) in [5, 5.41) is 3.94.